The largest absolute Gasteiger partial charge is 0.390 e. The van der Waals surface area contributed by atoms with Gasteiger partial charge >= 0.3 is 0 Å². The highest BCUT2D eigenvalue weighted by Crippen LogP contribution is 2.29. The lowest BCUT2D eigenvalue weighted by Crippen LogP contribution is -2.47. The quantitative estimate of drug-likeness (QED) is 0.936. The zero-order valence-corrected chi connectivity index (χ0v) is 12.3. The summed E-state index contributed by atoms with van der Waals surface area (Å²) >= 11 is 0. The normalized spacial score (nSPS) is 19.7. The fourth-order valence-electron chi connectivity index (χ4n) is 2.87. The van der Waals surface area contributed by atoms with Gasteiger partial charge in [-0.2, -0.15) is 0 Å². The summed E-state index contributed by atoms with van der Waals surface area (Å²) in [6, 6.07) is 16.7. The van der Waals surface area contributed by atoms with Crippen LogP contribution in [0.15, 0.2) is 48.5 Å². The fourth-order valence-corrected chi connectivity index (χ4v) is 2.87. The first-order valence-corrected chi connectivity index (χ1v) is 7.35. The lowest BCUT2D eigenvalue weighted by Gasteiger charge is -2.41. The molecule has 1 aliphatic heterocycles. The molecule has 1 N–H and O–H groups in total. The number of pyridine rings is 1. The first kappa shape index (κ1) is 14.0. The van der Waals surface area contributed by atoms with Crippen molar-refractivity contribution in [2.24, 2.45) is 0 Å². The molecule has 4 nitrogen and oxygen atoms in total. The van der Waals surface area contributed by atoms with Crippen LogP contribution in [0.3, 0.4) is 0 Å². The summed E-state index contributed by atoms with van der Waals surface area (Å²) in [5.41, 5.74) is 2.03. The average Bonchev–Trinajstić information content (AvgIpc) is 2.55. The van der Waals surface area contributed by atoms with E-state index in [1.54, 1.807) is 0 Å². The van der Waals surface area contributed by atoms with E-state index in [9.17, 15) is 5.11 Å². The summed E-state index contributed by atoms with van der Waals surface area (Å²) in [5.74, 6) is 0.948. The molecule has 3 rings (SSSR count). The van der Waals surface area contributed by atoms with Crippen molar-refractivity contribution in [3.05, 3.63) is 59.8 Å². The van der Waals surface area contributed by atoms with Crippen LogP contribution in [0, 0.1) is 0 Å². The maximum atomic E-state index is 9.30. The number of benzene rings is 1. The summed E-state index contributed by atoms with van der Waals surface area (Å²) in [6.07, 6.45) is 0. The molecule has 110 valence electrons. The minimum absolute atomic E-state index is 0.0163. The highest BCUT2D eigenvalue weighted by atomic mass is 16.3. The second-order valence-electron chi connectivity index (χ2n) is 5.53. The molecular weight excluding hydrogens is 262 g/mol. The number of hydrogen-bond acceptors (Lipinski definition) is 4. The fraction of sp³-hybridized carbons (Fsp3) is 0.353. The predicted octanol–water partition coefficient (Wildman–Crippen LogP) is 2.07. The van der Waals surface area contributed by atoms with Gasteiger partial charge in [-0.1, -0.05) is 36.4 Å². The van der Waals surface area contributed by atoms with Gasteiger partial charge in [0.1, 0.15) is 5.82 Å². The molecule has 2 aromatic rings. The molecule has 0 amide bonds. The van der Waals surface area contributed by atoms with Gasteiger partial charge in [0.05, 0.1) is 18.3 Å². The molecule has 21 heavy (non-hydrogen) atoms. The molecule has 0 saturated carbocycles. The third-order valence-corrected chi connectivity index (χ3v) is 4.02. The van der Waals surface area contributed by atoms with Gasteiger partial charge in [0.2, 0.25) is 0 Å². The van der Waals surface area contributed by atoms with Gasteiger partial charge in [-0.3, -0.25) is 0 Å². The molecule has 1 aromatic heterocycles. The average molecular weight is 283 g/mol. The van der Waals surface area contributed by atoms with E-state index in [0.717, 1.165) is 31.1 Å². The minimum Gasteiger partial charge on any atom is -0.390 e. The zero-order valence-electron chi connectivity index (χ0n) is 12.3. The Kier molecular flexibility index (Phi) is 4.18. The van der Waals surface area contributed by atoms with Crippen molar-refractivity contribution in [2.75, 3.05) is 31.6 Å². The molecule has 1 aromatic carbocycles. The number of nitrogens with zero attached hydrogens (tertiary/aromatic N) is 3. The Labute approximate surface area is 125 Å². The summed E-state index contributed by atoms with van der Waals surface area (Å²) in [4.78, 5) is 9.27. The molecule has 0 radical (unpaired) electrons. The van der Waals surface area contributed by atoms with Crippen LogP contribution in [0.4, 0.5) is 5.82 Å². The van der Waals surface area contributed by atoms with Gasteiger partial charge in [0.15, 0.2) is 0 Å². The molecule has 1 fully saturated rings. The Morgan fingerprint density at radius 1 is 1.10 bits per heavy atom. The van der Waals surface area contributed by atoms with E-state index in [1.807, 2.05) is 24.3 Å². The Bertz CT molecular complexity index is 588. The number of anilines is 1. The third-order valence-electron chi connectivity index (χ3n) is 4.02. The molecule has 1 unspecified atom stereocenters. The van der Waals surface area contributed by atoms with E-state index in [1.165, 1.54) is 5.56 Å². The molecule has 1 aliphatic rings. The maximum absolute atomic E-state index is 9.30. The van der Waals surface area contributed by atoms with Crippen LogP contribution in [0.25, 0.3) is 0 Å². The Balaban J connectivity index is 1.94. The van der Waals surface area contributed by atoms with Crippen molar-refractivity contribution in [3.8, 4) is 0 Å². The van der Waals surface area contributed by atoms with Crippen molar-refractivity contribution in [2.45, 2.75) is 12.6 Å². The van der Waals surface area contributed by atoms with Gasteiger partial charge in [-0.05, 0) is 24.7 Å². The molecular formula is C17H21N3O. The maximum Gasteiger partial charge on any atom is 0.129 e. The van der Waals surface area contributed by atoms with Crippen LogP contribution in [-0.2, 0) is 6.61 Å². The Morgan fingerprint density at radius 3 is 2.67 bits per heavy atom. The van der Waals surface area contributed by atoms with Gasteiger partial charge < -0.3 is 14.9 Å². The molecule has 4 heteroatoms. The topological polar surface area (TPSA) is 39.6 Å². The Morgan fingerprint density at radius 2 is 1.90 bits per heavy atom. The highest BCUT2D eigenvalue weighted by molar-refractivity contribution is 5.44. The standard InChI is InChI=1S/C17H21N3O/c1-19-10-11-20(17-9-5-8-15(13-21)18-17)16(12-19)14-6-3-2-4-7-14/h2-9,16,21H,10-13H2,1H3. The molecule has 1 saturated heterocycles. The van der Waals surface area contributed by atoms with Crippen molar-refractivity contribution >= 4 is 5.82 Å². The van der Waals surface area contributed by atoms with E-state index in [-0.39, 0.29) is 6.61 Å². The van der Waals surface area contributed by atoms with Crippen molar-refractivity contribution in [1.29, 1.82) is 0 Å². The minimum atomic E-state index is -0.0163. The number of rotatable bonds is 3. The first-order chi connectivity index (χ1) is 10.3. The summed E-state index contributed by atoms with van der Waals surface area (Å²) in [6.45, 7) is 2.93. The molecule has 0 bridgehead atoms. The number of likely N-dealkylation sites (N-methyl/N-ethyl adjacent to an activating group) is 1. The van der Waals surface area contributed by atoms with Crippen LogP contribution in [0.2, 0.25) is 0 Å². The van der Waals surface area contributed by atoms with E-state index < -0.39 is 0 Å². The second-order valence-corrected chi connectivity index (χ2v) is 5.53. The summed E-state index contributed by atoms with van der Waals surface area (Å²) in [5, 5.41) is 9.30. The van der Waals surface area contributed by atoms with E-state index in [4.69, 9.17) is 0 Å². The van der Waals surface area contributed by atoms with Crippen LogP contribution in [-0.4, -0.2) is 41.7 Å². The van der Waals surface area contributed by atoms with Gasteiger partial charge in [0.25, 0.3) is 0 Å². The van der Waals surface area contributed by atoms with E-state index in [2.05, 4.69) is 46.1 Å². The SMILES string of the molecule is CN1CCN(c2cccc(CO)n2)C(c2ccccc2)C1. The van der Waals surface area contributed by atoms with Gasteiger partial charge in [0, 0.05) is 19.6 Å². The first-order valence-electron chi connectivity index (χ1n) is 7.35. The molecule has 2 heterocycles. The Hall–Kier alpha value is -1.91. The molecule has 1 atom stereocenters. The predicted molar refractivity (Wildman–Crippen MR) is 84.2 cm³/mol. The zero-order chi connectivity index (χ0) is 14.7. The third kappa shape index (κ3) is 3.06. The van der Waals surface area contributed by atoms with Gasteiger partial charge in [-0.25, -0.2) is 4.98 Å². The van der Waals surface area contributed by atoms with Gasteiger partial charge in [-0.15, -0.1) is 0 Å². The smallest absolute Gasteiger partial charge is 0.129 e. The number of aliphatic hydroxyl groups is 1. The molecule has 0 spiro atoms. The van der Waals surface area contributed by atoms with Crippen LogP contribution < -0.4 is 4.90 Å². The van der Waals surface area contributed by atoms with Crippen LogP contribution in [0.1, 0.15) is 17.3 Å². The lowest BCUT2D eigenvalue weighted by atomic mass is 10.0. The number of aliphatic hydroxyl groups excluding tert-OH is 1. The monoisotopic (exact) mass is 283 g/mol. The second kappa shape index (κ2) is 6.24. The van der Waals surface area contributed by atoms with Crippen molar-refractivity contribution in [3.63, 3.8) is 0 Å². The number of piperazine rings is 1. The van der Waals surface area contributed by atoms with Crippen molar-refractivity contribution in [1.82, 2.24) is 9.88 Å². The van der Waals surface area contributed by atoms with Crippen LogP contribution >= 0.6 is 0 Å². The summed E-state index contributed by atoms with van der Waals surface area (Å²) < 4.78 is 0. The van der Waals surface area contributed by atoms with Crippen LogP contribution in [0.5, 0.6) is 0 Å². The number of aromatic nitrogens is 1. The molecule has 0 aliphatic carbocycles. The number of hydrogen-bond donors (Lipinski definition) is 1. The summed E-state index contributed by atoms with van der Waals surface area (Å²) in [7, 11) is 2.16. The van der Waals surface area contributed by atoms with Crippen molar-refractivity contribution < 1.29 is 5.11 Å². The van der Waals surface area contributed by atoms with E-state index >= 15 is 0 Å². The van der Waals surface area contributed by atoms with E-state index in [0.29, 0.717) is 6.04 Å². The highest BCUT2D eigenvalue weighted by Gasteiger charge is 2.27. The lowest BCUT2D eigenvalue weighted by molar-refractivity contribution is 0.266.